The van der Waals surface area contributed by atoms with E-state index in [1.807, 2.05) is 25.1 Å². The fourth-order valence-corrected chi connectivity index (χ4v) is 3.25. The summed E-state index contributed by atoms with van der Waals surface area (Å²) in [5, 5.41) is 2.83. The summed E-state index contributed by atoms with van der Waals surface area (Å²) in [6.45, 7) is 2.86. The lowest BCUT2D eigenvalue weighted by atomic mass is 10.1. The van der Waals surface area contributed by atoms with Crippen LogP contribution in [0, 0.1) is 6.92 Å². The summed E-state index contributed by atoms with van der Waals surface area (Å²) in [4.78, 5) is 17.2. The number of aryl methyl sites for hydroxylation is 1. The molecule has 1 heterocycles. The largest absolute Gasteiger partial charge is 0.493 e. The van der Waals surface area contributed by atoms with E-state index in [1.54, 1.807) is 0 Å². The van der Waals surface area contributed by atoms with E-state index < -0.39 is 12.5 Å². The van der Waals surface area contributed by atoms with E-state index in [-0.39, 0.29) is 17.1 Å². The average Bonchev–Trinajstić information content (AvgIpc) is 2.69. The molecule has 1 N–H and O–H groups in total. The molecule has 1 aliphatic heterocycles. The summed E-state index contributed by atoms with van der Waals surface area (Å²) in [7, 11) is 3.46. The van der Waals surface area contributed by atoms with Crippen LogP contribution in [0.5, 0.6) is 11.5 Å². The number of amides is 1. The smallest absolute Gasteiger partial charge is 0.387 e. The third-order valence-electron chi connectivity index (χ3n) is 4.97. The van der Waals surface area contributed by atoms with Crippen molar-refractivity contribution in [3.05, 3.63) is 47.5 Å². The maximum Gasteiger partial charge on any atom is 0.387 e. The molecule has 0 saturated carbocycles. The molecule has 0 spiro atoms. The number of hydrogen-bond acceptors (Lipinski definition) is 5. The number of alkyl halides is 2. The van der Waals surface area contributed by atoms with Crippen LogP contribution in [0.4, 0.5) is 20.2 Å². The molecule has 0 aliphatic carbocycles. The van der Waals surface area contributed by atoms with E-state index >= 15 is 0 Å². The predicted molar refractivity (Wildman–Crippen MR) is 108 cm³/mol. The Kier molecular flexibility index (Phi) is 6.53. The second kappa shape index (κ2) is 9.09. The van der Waals surface area contributed by atoms with Crippen molar-refractivity contribution in [1.82, 2.24) is 4.90 Å². The second-order valence-electron chi connectivity index (χ2n) is 6.99. The molecule has 1 aliphatic rings. The maximum absolute atomic E-state index is 12.6. The van der Waals surface area contributed by atoms with Gasteiger partial charge in [-0.1, -0.05) is 0 Å². The van der Waals surface area contributed by atoms with Crippen molar-refractivity contribution in [3.8, 4) is 11.5 Å². The second-order valence-corrected chi connectivity index (χ2v) is 6.99. The van der Waals surface area contributed by atoms with E-state index in [2.05, 4.69) is 26.9 Å². The number of rotatable bonds is 6. The van der Waals surface area contributed by atoms with Crippen LogP contribution in [0.3, 0.4) is 0 Å². The lowest BCUT2D eigenvalue weighted by Gasteiger charge is -2.34. The van der Waals surface area contributed by atoms with Gasteiger partial charge in [-0.2, -0.15) is 8.78 Å². The first-order valence-electron chi connectivity index (χ1n) is 9.35. The highest BCUT2D eigenvalue weighted by molar-refractivity contribution is 6.05. The van der Waals surface area contributed by atoms with Crippen molar-refractivity contribution in [2.45, 2.75) is 13.5 Å². The molecule has 0 atom stereocenters. The molecule has 2 aromatic carbocycles. The minimum Gasteiger partial charge on any atom is -0.493 e. The molecule has 1 fully saturated rings. The van der Waals surface area contributed by atoms with Crippen molar-refractivity contribution in [2.24, 2.45) is 0 Å². The van der Waals surface area contributed by atoms with Crippen LogP contribution < -0.4 is 19.7 Å². The third kappa shape index (κ3) is 5.14. The Morgan fingerprint density at radius 3 is 2.41 bits per heavy atom. The lowest BCUT2D eigenvalue weighted by molar-refractivity contribution is -0.0512. The van der Waals surface area contributed by atoms with E-state index in [1.165, 1.54) is 25.3 Å². The molecule has 1 saturated heterocycles. The number of carbonyl (C=O) groups is 1. The van der Waals surface area contributed by atoms with Crippen molar-refractivity contribution < 1.29 is 23.0 Å². The van der Waals surface area contributed by atoms with Crippen LogP contribution in [0.15, 0.2) is 36.4 Å². The van der Waals surface area contributed by atoms with Crippen molar-refractivity contribution in [1.29, 1.82) is 0 Å². The Labute approximate surface area is 169 Å². The normalized spacial score (nSPS) is 14.8. The number of carbonyl (C=O) groups excluding carboxylic acids is 1. The van der Waals surface area contributed by atoms with Crippen molar-refractivity contribution in [3.63, 3.8) is 0 Å². The standard InChI is InChI=1S/C21H25F2N3O3/c1-14-12-16(26-10-8-25(2)9-11-26)5-6-17(14)24-20(27)15-4-7-18(28-3)19(13-15)29-21(22)23/h4-7,12-13,21H,8-11H2,1-3H3,(H,24,27). The number of hydrogen-bond donors (Lipinski definition) is 1. The Morgan fingerprint density at radius 2 is 1.79 bits per heavy atom. The number of methoxy groups -OCH3 is 1. The van der Waals surface area contributed by atoms with Gasteiger partial charge in [-0.15, -0.1) is 0 Å². The maximum atomic E-state index is 12.6. The zero-order valence-corrected chi connectivity index (χ0v) is 16.7. The van der Waals surface area contributed by atoms with Crippen LogP contribution in [-0.2, 0) is 0 Å². The first-order valence-corrected chi connectivity index (χ1v) is 9.35. The molecular formula is C21H25F2N3O3. The molecule has 0 aromatic heterocycles. The quantitative estimate of drug-likeness (QED) is 0.796. The van der Waals surface area contributed by atoms with Gasteiger partial charge in [-0.3, -0.25) is 4.79 Å². The Hall–Kier alpha value is -2.87. The number of ether oxygens (including phenoxy) is 2. The molecule has 0 unspecified atom stereocenters. The fourth-order valence-electron chi connectivity index (χ4n) is 3.25. The lowest BCUT2D eigenvalue weighted by Crippen LogP contribution is -2.44. The van der Waals surface area contributed by atoms with E-state index in [0.29, 0.717) is 5.69 Å². The number of piperazine rings is 1. The first-order chi connectivity index (χ1) is 13.9. The molecule has 0 radical (unpaired) electrons. The van der Waals surface area contributed by atoms with Gasteiger partial charge in [-0.05, 0) is 55.9 Å². The number of anilines is 2. The highest BCUT2D eigenvalue weighted by Crippen LogP contribution is 2.30. The zero-order chi connectivity index (χ0) is 21.0. The summed E-state index contributed by atoms with van der Waals surface area (Å²) >= 11 is 0. The number of likely N-dealkylation sites (N-methyl/N-ethyl adjacent to an activating group) is 1. The highest BCUT2D eigenvalue weighted by Gasteiger charge is 2.17. The third-order valence-corrected chi connectivity index (χ3v) is 4.97. The molecule has 0 bridgehead atoms. The van der Waals surface area contributed by atoms with E-state index in [0.717, 1.165) is 37.4 Å². The minimum atomic E-state index is -3.01. The van der Waals surface area contributed by atoms with Gasteiger partial charge in [0.1, 0.15) is 0 Å². The van der Waals surface area contributed by atoms with Gasteiger partial charge in [0.2, 0.25) is 0 Å². The van der Waals surface area contributed by atoms with Crippen LogP contribution in [0.25, 0.3) is 0 Å². The summed E-state index contributed by atoms with van der Waals surface area (Å²) in [5.41, 5.74) is 2.90. The number of benzene rings is 2. The van der Waals surface area contributed by atoms with Gasteiger partial charge in [0.15, 0.2) is 11.5 Å². The van der Waals surface area contributed by atoms with Gasteiger partial charge < -0.3 is 24.6 Å². The molecule has 29 heavy (non-hydrogen) atoms. The molecule has 6 nitrogen and oxygen atoms in total. The van der Waals surface area contributed by atoms with Gasteiger partial charge in [0.05, 0.1) is 7.11 Å². The molecule has 8 heteroatoms. The van der Waals surface area contributed by atoms with Crippen LogP contribution >= 0.6 is 0 Å². The summed E-state index contributed by atoms with van der Waals surface area (Å²) in [5.74, 6) is -0.464. The van der Waals surface area contributed by atoms with Gasteiger partial charge in [-0.25, -0.2) is 0 Å². The van der Waals surface area contributed by atoms with Gasteiger partial charge in [0.25, 0.3) is 5.91 Å². The summed E-state index contributed by atoms with van der Waals surface area (Å²) < 4.78 is 34.6. The molecule has 3 rings (SSSR count). The summed E-state index contributed by atoms with van der Waals surface area (Å²) in [6, 6.07) is 10.1. The number of nitrogens with zero attached hydrogens (tertiary/aromatic N) is 2. The van der Waals surface area contributed by atoms with Crippen LogP contribution in [-0.4, -0.2) is 57.8 Å². The Bertz CT molecular complexity index is 868. The van der Waals surface area contributed by atoms with Crippen LogP contribution in [0.1, 0.15) is 15.9 Å². The number of halogens is 2. The summed E-state index contributed by atoms with van der Waals surface area (Å²) in [6.07, 6.45) is 0. The molecular weight excluding hydrogens is 380 g/mol. The van der Waals surface area contributed by atoms with E-state index in [4.69, 9.17) is 4.74 Å². The molecule has 1 amide bonds. The molecule has 2 aromatic rings. The highest BCUT2D eigenvalue weighted by atomic mass is 19.3. The topological polar surface area (TPSA) is 54.0 Å². The average molecular weight is 405 g/mol. The fraction of sp³-hybridized carbons (Fsp3) is 0.381. The Morgan fingerprint density at radius 1 is 1.07 bits per heavy atom. The van der Waals surface area contributed by atoms with Gasteiger partial charge >= 0.3 is 6.61 Å². The van der Waals surface area contributed by atoms with E-state index in [9.17, 15) is 13.6 Å². The van der Waals surface area contributed by atoms with Crippen molar-refractivity contribution >= 4 is 17.3 Å². The predicted octanol–water partition coefficient (Wildman–Crippen LogP) is 3.61. The van der Waals surface area contributed by atoms with Crippen molar-refractivity contribution in [2.75, 3.05) is 50.6 Å². The minimum absolute atomic E-state index is 0.134. The Balaban J connectivity index is 1.73. The zero-order valence-electron chi connectivity index (χ0n) is 16.7. The molecule has 156 valence electrons. The first kappa shape index (κ1) is 20.9. The van der Waals surface area contributed by atoms with Gasteiger partial charge in [0, 0.05) is 43.1 Å². The van der Waals surface area contributed by atoms with Crippen LogP contribution in [0.2, 0.25) is 0 Å². The number of nitrogens with one attached hydrogen (secondary N) is 1. The monoisotopic (exact) mass is 405 g/mol. The SMILES string of the molecule is COc1ccc(C(=O)Nc2ccc(N3CCN(C)CC3)cc2C)cc1OC(F)F.